The minimum absolute atomic E-state index is 0.441. The Morgan fingerprint density at radius 1 is 1.64 bits per heavy atom. The fourth-order valence-corrected chi connectivity index (χ4v) is 0.717. The average molecular weight is 152 g/mol. The minimum Gasteiger partial charge on any atom is -0.274 e. The van der Waals surface area contributed by atoms with Crippen LogP contribution in [0.2, 0.25) is 0 Å². The maximum atomic E-state index is 4.14. The number of allylic oxidation sites excluding steroid dienone is 1. The van der Waals surface area contributed by atoms with Gasteiger partial charge in [-0.2, -0.15) is 0 Å². The Hall–Kier alpha value is -0.920. The van der Waals surface area contributed by atoms with Gasteiger partial charge in [0.25, 0.3) is 0 Å². The van der Waals surface area contributed by atoms with Crippen molar-refractivity contribution in [2.45, 2.75) is 20.3 Å². The molecule has 0 amide bonds. The highest BCUT2D eigenvalue weighted by Gasteiger charge is 2.03. The first-order valence-electron chi connectivity index (χ1n) is 3.88. The summed E-state index contributed by atoms with van der Waals surface area (Å²) in [6.45, 7) is 7.79. The molecule has 0 spiro atoms. The van der Waals surface area contributed by atoms with Gasteiger partial charge in [0.2, 0.25) is 0 Å². The SMILES string of the molecule is C=CC=NC(=NC)C(C)CC. The molecule has 0 fully saturated rings. The smallest absolute Gasteiger partial charge is 0.125 e. The van der Waals surface area contributed by atoms with Crippen LogP contribution < -0.4 is 0 Å². The van der Waals surface area contributed by atoms with Gasteiger partial charge in [0.05, 0.1) is 0 Å². The zero-order valence-electron chi connectivity index (χ0n) is 7.54. The van der Waals surface area contributed by atoms with E-state index < -0.39 is 0 Å². The second-order valence-corrected chi connectivity index (χ2v) is 2.40. The first kappa shape index (κ1) is 10.1. The number of hydrogen-bond donors (Lipinski definition) is 0. The summed E-state index contributed by atoms with van der Waals surface area (Å²) in [6, 6.07) is 0. The predicted octanol–water partition coefficient (Wildman–Crippen LogP) is 2.32. The van der Waals surface area contributed by atoms with Crippen molar-refractivity contribution in [3.05, 3.63) is 12.7 Å². The van der Waals surface area contributed by atoms with Crippen LogP contribution in [-0.4, -0.2) is 19.1 Å². The van der Waals surface area contributed by atoms with Crippen molar-refractivity contribution in [2.75, 3.05) is 7.05 Å². The zero-order valence-corrected chi connectivity index (χ0v) is 7.54. The van der Waals surface area contributed by atoms with E-state index in [-0.39, 0.29) is 0 Å². The van der Waals surface area contributed by atoms with Crippen LogP contribution in [0.4, 0.5) is 0 Å². The summed E-state index contributed by atoms with van der Waals surface area (Å²) >= 11 is 0. The van der Waals surface area contributed by atoms with Gasteiger partial charge < -0.3 is 0 Å². The lowest BCUT2D eigenvalue weighted by Gasteiger charge is -2.05. The van der Waals surface area contributed by atoms with Crippen LogP contribution in [0.1, 0.15) is 20.3 Å². The molecule has 0 aromatic rings. The third-order valence-electron chi connectivity index (χ3n) is 1.59. The minimum atomic E-state index is 0.441. The van der Waals surface area contributed by atoms with Crippen molar-refractivity contribution < 1.29 is 0 Å². The summed E-state index contributed by atoms with van der Waals surface area (Å²) < 4.78 is 0. The average Bonchev–Trinajstić information content (AvgIpc) is 2.05. The van der Waals surface area contributed by atoms with E-state index in [1.165, 1.54) is 0 Å². The van der Waals surface area contributed by atoms with Crippen LogP contribution in [0.15, 0.2) is 22.6 Å². The Morgan fingerprint density at radius 2 is 2.27 bits per heavy atom. The molecule has 0 bridgehead atoms. The van der Waals surface area contributed by atoms with E-state index in [0.717, 1.165) is 12.3 Å². The summed E-state index contributed by atoms with van der Waals surface area (Å²) in [6.07, 6.45) is 4.41. The molecule has 2 heteroatoms. The Morgan fingerprint density at radius 3 is 2.64 bits per heavy atom. The lowest BCUT2D eigenvalue weighted by molar-refractivity contribution is 0.732. The highest BCUT2D eigenvalue weighted by Crippen LogP contribution is 2.04. The van der Waals surface area contributed by atoms with Crippen LogP contribution in [0.5, 0.6) is 0 Å². The van der Waals surface area contributed by atoms with Gasteiger partial charge in [-0.3, -0.25) is 4.99 Å². The molecule has 0 aromatic carbocycles. The summed E-state index contributed by atoms with van der Waals surface area (Å²) in [5.74, 6) is 1.34. The molecule has 2 nitrogen and oxygen atoms in total. The molecule has 0 aromatic heterocycles. The summed E-state index contributed by atoms with van der Waals surface area (Å²) in [4.78, 5) is 8.21. The summed E-state index contributed by atoms with van der Waals surface area (Å²) in [5, 5.41) is 0. The lowest BCUT2D eigenvalue weighted by atomic mass is 10.1. The second-order valence-electron chi connectivity index (χ2n) is 2.40. The molecule has 0 N–H and O–H groups in total. The standard InChI is InChI=1S/C9H16N2/c1-5-7-11-9(10-4)8(3)6-2/h5,7-8H,1,6H2,2-4H3. The molecule has 11 heavy (non-hydrogen) atoms. The molecule has 1 unspecified atom stereocenters. The van der Waals surface area contributed by atoms with Gasteiger partial charge in [-0.05, 0) is 6.42 Å². The number of rotatable bonds is 3. The van der Waals surface area contributed by atoms with E-state index in [4.69, 9.17) is 0 Å². The highest BCUT2D eigenvalue weighted by atomic mass is 14.9. The van der Waals surface area contributed by atoms with Crippen molar-refractivity contribution in [3.63, 3.8) is 0 Å². The zero-order chi connectivity index (χ0) is 8.69. The Bertz CT molecular complexity index is 168. The Kier molecular flexibility index (Phi) is 5.35. The van der Waals surface area contributed by atoms with E-state index in [1.807, 2.05) is 0 Å². The molecule has 0 aliphatic rings. The van der Waals surface area contributed by atoms with Gasteiger partial charge in [0.15, 0.2) is 0 Å². The van der Waals surface area contributed by atoms with Crippen molar-refractivity contribution in [1.82, 2.24) is 0 Å². The molecule has 0 saturated heterocycles. The Labute approximate surface area is 68.8 Å². The van der Waals surface area contributed by atoms with Gasteiger partial charge in [0.1, 0.15) is 5.84 Å². The van der Waals surface area contributed by atoms with Crippen LogP contribution >= 0.6 is 0 Å². The summed E-state index contributed by atoms with van der Waals surface area (Å²) in [5.41, 5.74) is 0. The monoisotopic (exact) mass is 152 g/mol. The molecule has 0 radical (unpaired) electrons. The van der Waals surface area contributed by atoms with Gasteiger partial charge in [0, 0.05) is 19.2 Å². The first-order valence-corrected chi connectivity index (χ1v) is 3.88. The van der Waals surface area contributed by atoms with Gasteiger partial charge in [-0.15, -0.1) is 0 Å². The largest absolute Gasteiger partial charge is 0.274 e. The molecular weight excluding hydrogens is 136 g/mol. The van der Waals surface area contributed by atoms with E-state index in [0.29, 0.717) is 5.92 Å². The molecule has 0 aliphatic carbocycles. The normalized spacial score (nSPS) is 15.4. The van der Waals surface area contributed by atoms with Crippen molar-refractivity contribution in [1.29, 1.82) is 0 Å². The molecule has 0 saturated carbocycles. The molecule has 1 atom stereocenters. The topological polar surface area (TPSA) is 24.7 Å². The second kappa shape index (κ2) is 5.83. The molecule has 62 valence electrons. The van der Waals surface area contributed by atoms with Crippen molar-refractivity contribution in [3.8, 4) is 0 Å². The van der Waals surface area contributed by atoms with Crippen LogP contribution in [0, 0.1) is 5.92 Å². The predicted molar refractivity (Wildman–Crippen MR) is 51.5 cm³/mol. The highest BCUT2D eigenvalue weighted by molar-refractivity contribution is 5.93. The number of nitrogens with zero attached hydrogens (tertiary/aromatic N) is 2. The van der Waals surface area contributed by atoms with E-state index in [9.17, 15) is 0 Å². The fraction of sp³-hybridized carbons (Fsp3) is 0.556. The van der Waals surface area contributed by atoms with Crippen molar-refractivity contribution >= 4 is 12.1 Å². The third-order valence-corrected chi connectivity index (χ3v) is 1.59. The molecule has 0 aliphatic heterocycles. The maximum Gasteiger partial charge on any atom is 0.125 e. The van der Waals surface area contributed by atoms with E-state index in [1.54, 1.807) is 19.3 Å². The van der Waals surface area contributed by atoms with Gasteiger partial charge in [-0.1, -0.05) is 26.5 Å². The molecule has 0 heterocycles. The van der Waals surface area contributed by atoms with Crippen LogP contribution in [-0.2, 0) is 0 Å². The van der Waals surface area contributed by atoms with Gasteiger partial charge in [-0.25, -0.2) is 4.99 Å². The number of amidine groups is 1. The third kappa shape index (κ3) is 3.71. The van der Waals surface area contributed by atoms with Gasteiger partial charge >= 0.3 is 0 Å². The maximum absolute atomic E-state index is 4.14. The van der Waals surface area contributed by atoms with E-state index in [2.05, 4.69) is 30.4 Å². The fourth-order valence-electron chi connectivity index (χ4n) is 0.717. The summed E-state index contributed by atoms with van der Waals surface area (Å²) in [7, 11) is 1.77. The van der Waals surface area contributed by atoms with Crippen LogP contribution in [0.3, 0.4) is 0 Å². The number of aliphatic imine (C=N–C) groups is 2. The van der Waals surface area contributed by atoms with Crippen molar-refractivity contribution in [2.24, 2.45) is 15.9 Å². The number of hydrogen-bond acceptors (Lipinski definition) is 1. The first-order chi connectivity index (χ1) is 5.26. The van der Waals surface area contributed by atoms with Crippen LogP contribution in [0.25, 0.3) is 0 Å². The molecular formula is C9H16N2. The quantitative estimate of drug-likeness (QED) is 0.438. The molecule has 0 rings (SSSR count). The van der Waals surface area contributed by atoms with E-state index >= 15 is 0 Å². The lowest BCUT2D eigenvalue weighted by Crippen LogP contribution is -2.06. The Balaban J connectivity index is 4.18.